The number of nitrogens with one attached hydrogen (secondary N) is 2. The van der Waals surface area contributed by atoms with Gasteiger partial charge in [-0.2, -0.15) is 0 Å². The third-order valence-corrected chi connectivity index (χ3v) is 4.04. The zero-order chi connectivity index (χ0) is 16.0. The molecule has 22 heavy (non-hydrogen) atoms. The Morgan fingerprint density at radius 1 is 1.36 bits per heavy atom. The number of methoxy groups -OCH3 is 1. The first-order valence-corrected chi connectivity index (χ1v) is 7.63. The Labute approximate surface area is 159 Å². The number of ether oxygens (including phenoxy) is 1. The lowest BCUT2D eigenvalue weighted by Gasteiger charge is -2.24. The molecule has 0 aliphatic rings. The Bertz CT molecular complexity index is 503. The molecular formula is C14H25Cl2IN4O. The Kier molecular flexibility index (Phi) is 9.77. The van der Waals surface area contributed by atoms with Gasteiger partial charge in [-0.05, 0) is 26.8 Å². The van der Waals surface area contributed by atoms with Crippen molar-refractivity contribution in [2.45, 2.75) is 32.9 Å². The van der Waals surface area contributed by atoms with Gasteiger partial charge in [0.05, 0.1) is 17.2 Å². The van der Waals surface area contributed by atoms with Gasteiger partial charge in [0, 0.05) is 32.9 Å². The summed E-state index contributed by atoms with van der Waals surface area (Å²) in [6, 6.07) is 1.83. The van der Waals surface area contributed by atoms with Crippen LogP contribution in [0.4, 0.5) is 0 Å². The number of hydrogen-bond donors (Lipinski definition) is 2. The molecule has 0 aromatic carbocycles. The van der Waals surface area contributed by atoms with E-state index >= 15 is 0 Å². The molecule has 1 aromatic heterocycles. The molecule has 1 rings (SSSR count). The van der Waals surface area contributed by atoms with Crippen LogP contribution in [-0.4, -0.2) is 36.3 Å². The second-order valence-corrected chi connectivity index (χ2v) is 6.11. The molecule has 1 aromatic rings. The van der Waals surface area contributed by atoms with Gasteiger partial charge in [0.1, 0.15) is 5.15 Å². The summed E-state index contributed by atoms with van der Waals surface area (Å²) >= 11 is 12.1. The second-order valence-electron chi connectivity index (χ2n) is 5.35. The number of halogens is 3. The van der Waals surface area contributed by atoms with Crippen LogP contribution in [0, 0.1) is 0 Å². The molecule has 0 aliphatic carbocycles. The Morgan fingerprint density at radius 2 is 2.00 bits per heavy atom. The predicted octanol–water partition coefficient (Wildman–Crippen LogP) is 3.43. The summed E-state index contributed by atoms with van der Waals surface area (Å²) in [7, 11) is 3.56. The van der Waals surface area contributed by atoms with Crippen molar-refractivity contribution < 1.29 is 4.74 Å². The fourth-order valence-electron chi connectivity index (χ4n) is 1.61. The van der Waals surface area contributed by atoms with Gasteiger partial charge < -0.3 is 19.9 Å². The fourth-order valence-corrected chi connectivity index (χ4v) is 2.03. The highest BCUT2D eigenvalue weighted by molar-refractivity contribution is 14.0. The average molecular weight is 463 g/mol. The van der Waals surface area contributed by atoms with Crippen molar-refractivity contribution in [3.8, 4) is 0 Å². The van der Waals surface area contributed by atoms with Crippen molar-refractivity contribution in [1.82, 2.24) is 15.2 Å². The van der Waals surface area contributed by atoms with Gasteiger partial charge in [0.2, 0.25) is 0 Å². The molecule has 0 saturated heterocycles. The topological polar surface area (TPSA) is 50.6 Å². The van der Waals surface area contributed by atoms with Crippen LogP contribution in [0.1, 0.15) is 26.5 Å². The predicted molar refractivity (Wildman–Crippen MR) is 105 cm³/mol. The third kappa shape index (κ3) is 6.52. The molecule has 0 bridgehead atoms. The minimum atomic E-state index is -0.256. The second kappa shape index (κ2) is 9.85. The van der Waals surface area contributed by atoms with Crippen molar-refractivity contribution in [3.63, 3.8) is 0 Å². The first-order chi connectivity index (χ1) is 9.80. The quantitative estimate of drug-likeness (QED) is 0.387. The first-order valence-electron chi connectivity index (χ1n) is 6.87. The SMILES string of the molecule is CCNC(=NCc1cc(Cl)c(Cl)n1C)NCC(C)(C)OC.I. The van der Waals surface area contributed by atoms with Gasteiger partial charge in [0.25, 0.3) is 0 Å². The van der Waals surface area contributed by atoms with Gasteiger partial charge in [-0.15, -0.1) is 24.0 Å². The smallest absolute Gasteiger partial charge is 0.191 e. The Balaban J connectivity index is 0.00000441. The Hall–Kier alpha value is -0.180. The third-order valence-electron chi connectivity index (χ3n) is 3.19. The molecule has 0 aliphatic heterocycles. The minimum Gasteiger partial charge on any atom is -0.377 e. The van der Waals surface area contributed by atoms with Crippen LogP contribution < -0.4 is 10.6 Å². The first kappa shape index (κ1) is 21.8. The van der Waals surface area contributed by atoms with Crippen LogP contribution in [0.25, 0.3) is 0 Å². The van der Waals surface area contributed by atoms with E-state index in [1.165, 1.54) is 0 Å². The summed E-state index contributed by atoms with van der Waals surface area (Å²) in [6.45, 7) is 7.99. The number of aromatic nitrogens is 1. The zero-order valence-corrected chi connectivity index (χ0v) is 17.5. The molecule has 2 N–H and O–H groups in total. The van der Waals surface area contributed by atoms with Crippen molar-refractivity contribution in [2.24, 2.45) is 12.0 Å². The molecule has 0 atom stereocenters. The summed E-state index contributed by atoms with van der Waals surface area (Å²) in [5.74, 6) is 0.732. The van der Waals surface area contributed by atoms with E-state index in [-0.39, 0.29) is 29.6 Å². The number of rotatable bonds is 6. The van der Waals surface area contributed by atoms with Crippen molar-refractivity contribution in [1.29, 1.82) is 0 Å². The van der Waals surface area contributed by atoms with Crippen LogP contribution in [0.15, 0.2) is 11.1 Å². The molecule has 0 radical (unpaired) electrons. The van der Waals surface area contributed by atoms with Crippen molar-refractivity contribution in [3.05, 3.63) is 21.9 Å². The van der Waals surface area contributed by atoms with E-state index in [0.29, 0.717) is 23.3 Å². The largest absolute Gasteiger partial charge is 0.377 e. The molecular weight excluding hydrogens is 438 g/mol. The van der Waals surface area contributed by atoms with Gasteiger partial charge in [-0.25, -0.2) is 4.99 Å². The van der Waals surface area contributed by atoms with E-state index in [4.69, 9.17) is 27.9 Å². The molecule has 5 nitrogen and oxygen atoms in total. The lowest BCUT2D eigenvalue weighted by atomic mass is 10.1. The molecule has 0 saturated carbocycles. The number of hydrogen-bond acceptors (Lipinski definition) is 2. The maximum atomic E-state index is 6.05. The van der Waals surface area contributed by atoms with Crippen LogP contribution in [0.3, 0.4) is 0 Å². The van der Waals surface area contributed by atoms with E-state index in [0.717, 1.165) is 18.2 Å². The van der Waals surface area contributed by atoms with Crippen LogP contribution in [0.2, 0.25) is 10.2 Å². The lowest BCUT2D eigenvalue weighted by molar-refractivity contribution is 0.0268. The monoisotopic (exact) mass is 462 g/mol. The summed E-state index contributed by atoms with van der Waals surface area (Å²) in [5.41, 5.74) is 0.696. The highest BCUT2D eigenvalue weighted by Gasteiger charge is 2.16. The highest BCUT2D eigenvalue weighted by Crippen LogP contribution is 2.25. The summed E-state index contributed by atoms with van der Waals surface area (Å²) in [4.78, 5) is 4.54. The van der Waals surface area contributed by atoms with Crippen molar-refractivity contribution in [2.75, 3.05) is 20.2 Å². The molecule has 128 valence electrons. The zero-order valence-electron chi connectivity index (χ0n) is 13.7. The normalized spacial score (nSPS) is 12.0. The average Bonchev–Trinajstić information content (AvgIpc) is 2.69. The van der Waals surface area contributed by atoms with Gasteiger partial charge in [-0.3, -0.25) is 0 Å². The molecule has 1 heterocycles. The van der Waals surface area contributed by atoms with Crippen LogP contribution >= 0.6 is 47.2 Å². The van der Waals surface area contributed by atoms with E-state index in [1.54, 1.807) is 7.11 Å². The molecule has 0 spiro atoms. The van der Waals surface area contributed by atoms with Crippen LogP contribution in [0.5, 0.6) is 0 Å². The van der Waals surface area contributed by atoms with Gasteiger partial charge in [0.15, 0.2) is 5.96 Å². The fraction of sp³-hybridized carbons (Fsp3) is 0.643. The Morgan fingerprint density at radius 3 is 2.45 bits per heavy atom. The van der Waals surface area contributed by atoms with Gasteiger partial charge in [-0.1, -0.05) is 23.2 Å². The van der Waals surface area contributed by atoms with Crippen LogP contribution in [-0.2, 0) is 18.3 Å². The molecule has 0 fully saturated rings. The van der Waals surface area contributed by atoms with E-state index in [1.807, 2.05) is 38.5 Å². The van der Waals surface area contributed by atoms with E-state index in [9.17, 15) is 0 Å². The molecule has 0 unspecified atom stereocenters. The van der Waals surface area contributed by atoms with E-state index in [2.05, 4.69) is 15.6 Å². The summed E-state index contributed by atoms with van der Waals surface area (Å²) in [5, 5.41) is 7.53. The van der Waals surface area contributed by atoms with Crippen molar-refractivity contribution >= 4 is 53.1 Å². The van der Waals surface area contributed by atoms with E-state index < -0.39 is 0 Å². The minimum absolute atomic E-state index is 0. The summed E-state index contributed by atoms with van der Waals surface area (Å²) < 4.78 is 7.21. The van der Waals surface area contributed by atoms with Gasteiger partial charge >= 0.3 is 0 Å². The highest BCUT2D eigenvalue weighted by atomic mass is 127. The number of aliphatic imine (C=N–C) groups is 1. The maximum absolute atomic E-state index is 6.05. The molecule has 0 amide bonds. The molecule has 8 heteroatoms. The number of guanidine groups is 1. The lowest BCUT2D eigenvalue weighted by Crippen LogP contribution is -2.45. The standard InChI is InChI=1S/C14H24Cl2N4O.HI/c1-6-17-13(19-9-14(2,3)21-5)18-8-10-7-11(15)12(16)20(10)4;/h7H,6,8-9H2,1-5H3,(H2,17,18,19);1H. The summed E-state index contributed by atoms with van der Waals surface area (Å²) in [6.07, 6.45) is 0. The number of nitrogens with zero attached hydrogens (tertiary/aromatic N) is 2. The maximum Gasteiger partial charge on any atom is 0.191 e.